The molecule has 0 aliphatic heterocycles. The lowest BCUT2D eigenvalue weighted by Gasteiger charge is -1.98. The monoisotopic (exact) mass is 150 g/mol. The number of rotatable bonds is 4. The van der Waals surface area contributed by atoms with Crippen molar-refractivity contribution in [2.45, 2.75) is 13.8 Å². The molecule has 0 saturated carbocycles. The summed E-state index contributed by atoms with van der Waals surface area (Å²) in [6.07, 6.45) is 1.39. The molecule has 3 heteroatoms. The van der Waals surface area contributed by atoms with Crippen molar-refractivity contribution in [2.75, 3.05) is 13.2 Å². The molecule has 0 aliphatic rings. The Morgan fingerprint density at radius 1 is 1.44 bits per heavy atom. The van der Waals surface area contributed by atoms with E-state index in [0.29, 0.717) is 18.4 Å². The topological polar surface area (TPSA) is 18.5 Å². The molecule has 0 spiro atoms. The third-order valence-corrected chi connectivity index (χ3v) is 0.823. The van der Waals surface area contributed by atoms with Gasteiger partial charge in [0.25, 0.3) is 0 Å². The third kappa shape index (κ3) is 5.50. The van der Waals surface area contributed by atoms with Crippen molar-refractivity contribution in [1.29, 1.82) is 0 Å². The minimum absolute atomic E-state index is 0.305. The Labute approximate surface area is 60.4 Å². The van der Waals surface area contributed by atoms with Crippen LogP contribution in [0.3, 0.4) is 0 Å². The molecule has 0 bridgehead atoms. The molecule has 0 aliphatic carbocycles. The fourth-order valence-corrected chi connectivity index (χ4v) is 0.493. The Balaban J connectivity index is 3.30. The zero-order valence-corrected chi connectivity index (χ0v) is 6.44. The molecule has 0 rings (SSSR count). The van der Waals surface area contributed by atoms with E-state index in [0.717, 1.165) is 0 Å². The van der Waals surface area contributed by atoms with Crippen LogP contribution in [0, 0.1) is 0 Å². The predicted octanol–water partition coefficient (Wildman–Crippen LogP) is 2.10. The maximum Gasteiger partial charge on any atom is 0.222 e. The summed E-state index contributed by atoms with van der Waals surface area (Å²) in [6, 6.07) is 0. The van der Waals surface area contributed by atoms with Crippen molar-refractivity contribution < 1.29 is 9.47 Å². The molecule has 0 radical (unpaired) electrons. The average molecular weight is 151 g/mol. The summed E-state index contributed by atoms with van der Waals surface area (Å²) in [6.45, 7) is 4.93. The molecule has 2 nitrogen and oxygen atoms in total. The molecule has 0 heterocycles. The van der Waals surface area contributed by atoms with E-state index in [1.54, 1.807) is 0 Å². The SMILES string of the molecule is CCOC=C(Cl)OCC. The van der Waals surface area contributed by atoms with Gasteiger partial charge in [0.2, 0.25) is 5.22 Å². The summed E-state index contributed by atoms with van der Waals surface area (Å²) < 4.78 is 9.67. The second-order valence-electron chi connectivity index (χ2n) is 1.31. The fourth-order valence-electron chi connectivity index (χ4n) is 0.321. The van der Waals surface area contributed by atoms with Crippen molar-refractivity contribution in [2.24, 2.45) is 0 Å². The normalized spacial score (nSPS) is 11.2. The van der Waals surface area contributed by atoms with Crippen LogP contribution in [0.15, 0.2) is 11.5 Å². The molecular formula is C6H11ClO2. The first kappa shape index (κ1) is 8.63. The Kier molecular flexibility index (Phi) is 5.52. The van der Waals surface area contributed by atoms with Gasteiger partial charge in [-0.1, -0.05) is 0 Å². The van der Waals surface area contributed by atoms with Crippen molar-refractivity contribution in [1.82, 2.24) is 0 Å². The van der Waals surface area contributed by atoms with E-state index in [1.807, 2.05) is 13.8 Å². The summed E-state index contributed by atoms with van der Waals surface area (Å²) in [4.78, 5) is 0. The highest BCUT2D eigenvalue weighted by Gasteiger charge is 1.87. The van der Waals surface area contributed by atoms with Gasteiger partial charge in [0.05, 0.1) is 13.2 Å². The molecule has 0 saturated heterocycles. The molecule has 0 aromatic carbocycles. The zero-order valence-electron chi connectivity index (χ0n) is 5.69. The van der Waals surface area contributed by atoms with Crippen LogP contribution in [0.2, 0.25) is 0 Å². The third-order valence-electron chi connectivity index (χ3n) is 0.625. The van der Waals surface area contributed by atoms with Crippen molar-refractivity contribution in [3.8, 4) is 0 Å². The predicted molar refractivity (Wildman–Crippen MR) is 37.2 cm³/mol. The molecule has 0 amide bonds. The van der Waals surface area contributed by atoms with Crippen LogP contribution >= 0.6 is 11.6 Å². The molecule has 0 atom stereocenters. The van der Waals surface area contributed by atoms with E-state index < -0.39 is 0 Å². The van der Waals surface area contributed by atoms with Gasteiger partial charge in [0.1, 0.15) is 6.26 Å². The van der Waals surface area contributed by atoms with Crippen molar-refractivity contribution in [3.63, 3.8) is 0 Å². The van der Waals surface area contributed by atoms with Crippen LogP contribution in [-0.4, -0.2) is 13.2 Å². The number of hydrogen-bond donors (Lipinski definition) is 0. The zero-order chi connectivity index (χ0) is 7.11. The molecule has 0 unspecified atom stereocenters. The Morgan fingerprint density at radius 3 is 2.56 bits per heavy atom. The van der Waals surface area contributed by atoms with Gasteiger partial charge in [-0.25, -0.2) is 0 Å². The second-order valence-corrected chi connectivity index (χ2v) is 1.68. The van der Waals surface area contributed by atoms with E-state index in [4.69, 9.17) is 21.1 Å². The van der Waals surface area contributed by atoms with Crippen LogP contribution in [0.4, 0.5) is 0 Å². The van der Waals surface area contributed by atoms with E-state index in [9.17, 15) is 0 Å². The molecule has 0 N–H and O–H groups in total. The standard InChI is InChI=1S/C6H11ClO2/c1-3-8-5-6(7)9-4-2/h5H,3-4H2,1-2H3. The van der Waals surface area contributed by atoms with Crippen molar-refractivity contribution in [3.05, 3.63) is 11.5 Å². The second kappa shape index (κ2) is 5.76. The van der Waals surface area contributed by atoms with Gasteiger partial charge in [-0.15, -0.1) is 0 Å². The first-order valence-corrected chi connectivity index (χ1v) is 3.29. The summed E-state index contributed by atoms with van der Waals surface area (Å²) in [5.74, 6) is 0. The van der Waals surface area contributed by atoms with E-state index in [2.05, 4.69) is 0 Å². The summed E-state index contributed by atoms with van der Waals surface area (Å²) >= 11 is 5.47. The maximum absolute atomic E-state index is 5.47. The van der Waals surface area contributed by atoms with E-state index in [1.165, 1.54) is 6.26 Å². The van der Waals surface area contributed by atoms with Crippen LogP contribution in [0.1, 0.15) is 13.8 Å². The van der Waals surface area contributed by atoms with Gasteiger partial charge in [-0.2, -0.15) is 0 Å². The number of hydrogen-bond acceptors (Lipinski definition) is 2. The van der Waals surface area contributed by atoms with Gasteiger partial charge in [0, 0.05) is 0 Å². The van der Waals surface area contributed by atoms with Crippen molar-refractivity contribution >= 4 is 11.6 Å². The quantitative estimate of drug-likeness (QED) is 0.572. The first-order valence-electron chi connectivity index (χ1n) is 2.91. The molecule has 0 fully saturated rings. The lowest BCUT2D eigenvalue weighted by Crippen LogP contribution is -1.86. The lowest BCUT2D eigenvalue weighted by atomic mass is 10.8. The highest BCUT2D eigenvalue weighted by molar-refractivity contribution is 6.28. The molecule has 9 heavy (non-hydrogen) atoms. The molecule has 0 aromatic heterocycles. The van der Waals surface area contributed by atoms with Crippen LogP contribution in [-0.2, 0) is 9.47 Å². The minimum Gasteiger partial charge on any atom is -0.497 e. The maximum atomic E-state index is 5.47. The Morgan fingerprint density at radius 2 is 2.11 bits per heavy atom. The Hall–Kier alpha value is -0.370. The average Bonchev–Trinajstić information content (AvgIpc) is 1.85. The highest BCUT2D eigenvalue weighted by Crippen LogP contribution is 2.01. The highest BCUT2D eigenvalue weighted by atomic mass is 35.5. The van der Waals surface area contributed by atoms with Gasteiger partial charge >= 0.3 is 0 Å². The summed E-state index contributed by atoms with van der Waals surface area (Å²) in [5.41, 5.74) is 0. The number of ether oxygens (including phenoxy) is 2. The lowest BCUT2D eigenvalue weighted by molar-refractivity contribution is 0.211. The molecule has 54 valence electrons. The van der Waals surface area contributed by atoms with Crippen LogP contribution in [0.25, 0.3) is 0 Å². The van der Waals surface area contributed by atoms with E-state index in [-0.39, 0.29) is 0 Å². The summed E-state index contributed by atoms with van der Waals surface area (Å²) in [7, 11) is 0. The smallest absolute Gasteiger partial charge is 0.222 e. The fraction of sp³-hybridized carbons (Fsp3) is 0.667. The van der Waals surface area contributed by atoms with Gasteiger partial charge in [0.15, 0.2) is 0 Å². The van der Waals surface area contributed by atoms with Gasteiger partial charge in [-0.05, 0) is 25.4 Å². The van der Waals surface area contributed by atoms with E-state index >= 15 is 0 Å². The van der Waals surface area contributed by atoms with Gasteiger partial charge in [-0.3, -0.25) is 0 Å². The number of halogens is 1. The van der Waals surface area contributed by atoms with Crippen LogP contribution in [0.5, 0.6) is 0 Å². The van der Waals surface area contributed by atoms with Crippen LogP contribution < -0.4 is 0 Å². The minimum atomic E-state index is 0.305. The Bertz CT molecular complexity index is 91.1. The molecule has 0 aromatic rings. The first-order chi connectivity index (χ1) is 4.31. The summed E-state index contributed by atoms with van der Waals surface area (Å²) in [5, 5.41) is 0.305. The van der Waals surface area contributed by atoms with Gasteiger partial charge < -0.3 is 9.47 Å². The largest absolute Gasteiger partial charge is 0.497 e. The molecular weight excluding hydrogens is 140 g/mol.